The molecule has 1 heterocycles. The van der Waals surface area contributed by atoms with E-state index >= 15 is 0 Å². The quantitative estimate of drug-likeness (QED) is 0.607. The highest BCUT2D eigenvalue weighted by molar-refractivity contribution is 6.31. The summed E-state index contributed by atoms with van der Waals surface area (Å²) in [5.74, 6) is -3.23. The molecule has 0 spiro atoms. The summed E-state index contributed by atoms with van der Waals surface area (Å²) in [6, 6.07) is 3.95. The molecular formula is C20H26ClF4N3O4. The van der Waals surface area contributed by atoms with Crippen LogP contribution in [0.1, 0.15) is 30.6 Å². The van der Waals surface area contributed by atoms with Crippen molar-refractivity contribution in [1.29, 1.82) is 0 Å². The number of amides is 2. The molecule has 32 heavy (non-hydrogen) atoms. The van der Waals surface area contributed by atoms with Crippen molar-refractivity contribution < 1.29 is 37.1 Å². The Bertz CT molecular complexity index is 800. The molecule has 0 unspecified atom stereocenters. The van der Waals surface area contributed by atoms with Crippen molar-refractivity contribution in [2.45, 2.75) is 26.4 Å². The topological polar surface area (TPSA) is 90.0 Å². The Morgan fingerprint density at radius 1 is 1.22 bits per heavy atom. The van der Waals surface area contributed by atoms with Crippen LogP contribution >= 0.6 is 11.6 Å². The maximum atomic E-state index is 13.3. The number of piperazine rings is 1. The number of carbonyl (C=O) groups excluding carboxylic acids is 2. The summed E-state index contributed by atoms with van der Waals surface area (Å²) in [5, 5.41) is 10.3. The van der Waals surface area contributed by atoms with Gasteiger partial charge >= 0.3 is 12.1 Å². The highest BCUT2D eigenvalue weighted by Crippen LogP contribution is 2.18. The molecule has 0 atom stereocenters. The molecule has 7 nitrogen and oxygen atoms in total. The van der Waals surface area contributed by atoms with E-state index in [1.807, 2.05) is 18.7 Å². The molecule has 0 saturated carbocycles. The smallest absolute Gasteiger partial charge is 0.475 e. The molecule has 2 amide bonds. The number of benzene rings is 1. The zero-order chi connectivity index (χ0) is 24.5. The number of alkyl halides is 3. The Labute approximate surface area is 188 Å². The molecule has 1 fully saturated rings. The van der Waals surface area contributed by atoms with Gasteiger partial charge in [-0.1, -0.05) is 25.4 Å². The van der Waals surface area contributed by atoms with Gasteiger partial charge in [0.05, 0.1) is 5.02 Å². The van der Waals surface area contributed by atoms with E-state index in [2.05, 4.69) is 5.32 Å². The lowest BCUT2D eigenvalue weighted by atomic mass is 10.1. The van der Waals surface area contributed by atoms with Crippen LogP contribution in [0.15, 0.2) is 18.2 Å². The molecule has 1 aromatic rings. The molecule has 2 N–H and O–H groups in total. The van der Waals surface area contributed by atoms with Crippen LogP contribution < -0.4 is 5.32 Å². The van der Waals surface area contributed by atoms with E-state index in [1.54, 1.807) is 4.90 Å². The normalized spacial score (nSPS) is 13.9. The number of carboxylic acids is 1. The molecule has 0 radical (unpaired) electrons. The highest BCUT2D eigenvalue weighted by atomic mass is 35.5. The standard InChI is InChI=1S/C18H25ClFN3O2.C2HF3O2/c1-13(2)12-23(8-5-17(24)22-9-6-21-7-10-22)18(25)14-3-4-16(20)15(19)11-14;3-2(4,5)1(6)7/h3-4,11,13,21H,5-10,12H2,1-2H3;(H,6,7). The fourth-order valence-corrected chi connectivity index (χ4v) is 3.01. The number of halogens is 5. The summed E-state index contributed by atoms with van der Waals surface area (Å²) in [4.78, 5) is 37.4. The van der Waals surface area contributed by atoms with Crippen LogP contribution in [0.5, 0.6) is 0 Å². The summed E-state index contributed by atoms with van der Waals surface area (Å²) in [7, 11) is 0. The zero-order valence-electron chi connectivity index (χ0n) is 17.7. The number of carbonyl (C=O) groups is 3. The van der Waals surface area contributed by atoms with Crippen LogP contribution in [0.25, 0.3) is 0 Å². The maximum absolute atomic E-state index is 13.3. The molecule has 2 rings (SSSR count). The van der Waals surface area contributed by atoms with Gasteiger partial charge < -0.3 is 20.2 Å². The predicted molar refractivity (Wildman–Crippen MR) is 110 cm³/mol. The summed E-state index contributed by atoms with van der Waals surface area (Å²) in [6.07, 6.45) is -4.80. The number of rotatable bonds is 6. The van der Waals surface area contributed by atoms with Crippen molar-refractivity contribution >= 4 is 29.4 Å². The minimum absolute atomic E-state index is 0.0557. The lowest BCUT2D eigenvalue weighted by Crippen LogP contribution is -2.47. The number of hydrogen-bond donors (Lipinski definition) is 2. The number of nitrogens with one attached hydrogen (secondary N) is 1. The van der Waals surface area contributed by atoms with E-state index in [9.17, 15) is 27.2 Å². The first-order chi connectivity index (χ1) is 14.8. The molecule has 0 aliphatic carbocycles. The van der Waals surface area contributed by atoms with E-state index in [0.717, 1.165) is 13.1 Å². The van der Waals surface area contributed by atoms with E-state index in [4.69, 9.17) is 21.5 Å². The Morgan fingerprint density at radius 2 is 1.78 bits per heavy atom. The first kappa shape index (κ1) is 27.6. The summed E-state index contributed by atoms with van der Waals surface area (Å²) in [5.41, 5.74) is 0.335. The Hall–Kier alpha value is -2.40. The van der Waals surface area contributed by atoms with Gasteiger partial charge in [-0.2, -0.15) is 13.2 Å². The maximum Gasteiger partial charge on any atom is 0.490 e. The van der Waals surface area contributed by atoms with Gasteiger partial charge in [-0.05, 0) is 24.1 Å². The zero-order valence-corrected chi connectivity index (χ0v) is 18.5. The van der Waals surface area contributed by atoms with Gasteiger partial charge in [0.2, 0.25) is 5.91 Å². The van der Waals surface area contributed by atoms with Crippen molar-refractivity contribution in [3.8, 4) is 0 Å². The summed E-state index contributed by atoms with van der Waals surface area (Å²) < 4.78 is 45.1. The predicted octanol–water partition coefficient (Wildman–Crippen LogP) is 3.03. The second-order valence-electron chi connectivity index (χ2n) is 7.46. The van der Waals surface area contributed by atoms with Gasteiger partial charge in [0, 0.05) is 51.3 Å². The number of nitrogens with zero attached hydrogens (tertiary/aromatic N) is 2. The Balaban J connectivity index is 0.000000633. The van der Waals surface area contributed by atoms with Gasteiger partial charge in [-0.15, -0.1) is 0 Å². The average molecular weight is 484 g/mol. The van der Waals surface area contributed by atoms with E-state index < -0.39 is 18.0 Å². The van der Waals surface area contributed by atoms with Gasteiger partial charge in [0.1, 0.15) is 5.82 Å². The number of hydrogen-bond acceptors (Lipinski definition) is 4. The van der Waals surface area contributed by atoms with Crippen molar-refractivity contribution in [2.75, 3.05) is 39.3 Å². The van der Waals surface area contributed by atoms with Gasteiger partial charge in [0.25, 0.3) is 5.91 Å². The SMILES string of the molecule is CC(C)CN(CCC(=O)N1CCNCC1)C(=O)c1ccc(F)c(Cl)c1.O=C(O)C(F)(F)F. The second-order valence-corrected chi connectivity index (χ2v) is 7.86. The average Bonchev–Trinajstić information content (AvgIpc) is 2.72. The molecule has 1 aliphatic rings. The van der Waals surface area contributed by atoms with Crippen molar-refractivity contribution in [1.82, 2.24) is 15.1 Å². The highest BCUT2D eigenvalue weighted by Gasteiger charge is 2.38. The van der Waals surface area contributed by atoms with E-state index in [0.29, 0.717) is 31.7 Å². The third-order valence-electron chi connectivity index (χ3n) is 4.35. The van der Waals surface area contributed by atoms with Crippen molar-refractivity contribution in [3.63, 3.8) is 0 Å². The van der Waals surface area contributed by atoms with Crippen LogP contribution in [-0.2, 0) is 9.59 Å². The van der Waals surface area contributed by atoms with Gasteiger partial charge in [-0.3, -0.25) is 9.59 Å². The van der Waals surface area contributed by atoms with E-state index in [-0.39, 0.29) is 29.2 Å². The molecular weight excluding hydrogens is 458 g/mol. The summed E-state index contributed by atoms with van der Waals surface area (Å²) >= 11 is 5.78. The first-order valence-electron chi connectivity index (χ1n) is 9.85. The Morgan fingerprint density at radius 3 is 2.25 bits per heavy atom. The fraction of sp³-hybridized carbons (Fsp3) is 0.550. The second kappa shape index (κ2) is 12.6. The van der Waals surface area contributed by atoms with Gasteiger partial charge in [0.15, 0.2) is 0 Å². The third-order valence-corrected chi connectivity index (χ3v) is 4.64. The molecule has 1 aromatic carbocycles. The van der Waals surface area contributed by atoms with E-state index in [1.165, 1.54) is 18.2 Å². The molecule has 180 valence electrons. The molecule has 1 saturated heterocycles. The van der Waals surface area contributed by atoms with Crippen molar-refractivity contribution in [2.24, 2.45) is 5.92 Å². The van der Waals surface area contributed by atoms with Crippen molar-refractivity contribution in [3.05, 3.63) is 34.6 Å². The fourth-order valence-electron chi connectivity index (χ4n) is 2.83. The molecule has 0 aromatic heterocycles. The van der Waals surface area contributed by atoms with Crippen LogP contribution in [0.4, 0.5) is 17.6 Å². The molecule has 12 heteroatoms. The minimum Gasteiger partial charge on any atom is -0.475 e. The van der Waals surface area contributed by atoms with Crippen LogP contribution in [0.2, 0.25) is 5.02 Å². The summed E-state index contributed by atoms with van der Waals surface area (Å²) in [6.45, 7) is 7.89. The van der Waals surface area contributed by atoms with Crippen LogP contribution in [0.3, 0.4) is 0 Å². The lowest BCUT2D eigenvalue weighted by molar-refractivity contribution is -0.192. The number of carboxylic acid groups (broad SMARTS) is 1. The van der Waals surface area contributed by atoms with Crippen LogP contribution in [-0.4, -0.2) is 78.1 Å². The minimum atomic E-state index is -5.08. The first-order valence-corrected chi connectivity index (χ1v) is 10.2. The van der Waals surface area contributed by atoms with Gasteiger partial charge in [-0.25, -0.2) is 9.18 Å². The molecule has 1 aliphatic heterocycles. The monoisotopic (exact) mass is 483 g/mol. The lowest BCUT2D eigenvalue weighted by Gasteiger charge is -2.29. The number of aliphatic carboxylic acids is 1. The molecule has 0 bridgehead atoms. The Kier molecular flexibility index (Phi) is 10.9. The largest absolute Gasteiger partial charge is 0.490 e. The third kappa shape index (κ3) is 9.39. The van der Waals surface area contributed by atoms with Crippen LogP contribution in [0, 0.1) is 11.7 Å².